The van der Waals surface area contributed by atoms with Crippen molar-refractivity contribution < 1.29 is 32.2 Å². The summed E-state index contributed by atoms with van der Waals surface area (Å²) in [5.41, 5.74) is -2.59. The molecule has 4 aromatic rings. The Kier molecular flexibility index (Phi) is 6.76. The number of fused-ring (bicyclic) bond motifs is 1. The van der Waals surface area contributed by atoms with Gasteiger partial charge in [0.15, 0.2) is 5.78 Å². The predicted octanol–water partition coefficient (Wildman–Crippen LogP) is 5.85. The van der Waals surface area contributed by atoms with E-state index in [-0.39, 0.29) is 27.6 Å². The molecule has 0 fully saturated rings. The lowest BCUT2D eigenvalue weighted by atomic mass is 9.89. The van der Waals surface area contributed by atoms with Gasteiger partial charge in [0.25, 0.3) is 0 Å². The van der Waals surface area contributed by atoms with Gasteiger partial charge in [-0.25, -0.2) is 14.4 Å². The van der Waals surface area contributed by atoms with Crippen molar-refractivity contribution in [1.82, 2.24) is 14.5 Å². The lowest BCUT2D eigenvalue weighted by molar-refractivity contribution is -0.270. The topological polar surface area (TPSA) is 77.2 Å². The number of pyridine rings is 1. The molecular formula is C25H20ClF4N3O3. The number of hydrogen-bond donors (Lipinski definition) is 1. The maximum absolute atomic E-state index is 14.2. The van der Waals surface area contributed by atoms with Crippen LogP contribution in [-0.4, -0.2) is 38.7 Å². The van der Waals surface area contributed by atoms with Gasteiger partial charge >= 0.3 is 6.18 Å². The fourth-order valence-electron chi connectivity index (χ4n) is 3.85. The Morgan fingerprint density at radius 2 is 1.89 bits per heavy atom. The Labute approximate surface area is 208 Å². The quantitative estimate of drug-likeness (QED) is 0.244. The zero-order chi connectivity index (χ0) is 26.3. The van der Waals surface area contributed by atoms with Gasteiger partial charge in [0.05, 0.1) is 35.2 Å². The van der Waals surface area contributed by atoms with E-state index in [9.17, 15) is 27.5 Å². The van der Waals surface area contributed by atoms with E-state index in [1.165, 1.54) is 31.4 Å². The number of imidazole rings is 1. The Morgan fingerprint density at radius 3 is 2.56 bits per heavy atom. The van der Waals surface area contributed by atoms with Gasteiger partial charge in [-0.05, 0) is 55.0 Å². The van der Waals surface area contributed by atoms with Crippen LogP contribution in [0.1, 0.15) is 28.9 Å². The number of hydrogen-bond acceptors (Lipinski definition) is 5. The number of alkyl halides is 3. The Hall–Kier alpha value is -3.50. The van der Waals surface area contributed by atoms with Gasteiger partial charge in [0.2, 0.25) is 5.60 Å². The van der Waals surface area contributed by atoms with Crippen LogP contribution in [0.25, 0.3) is 22.3 Å². The van der Waals surface area contributed by atoms with E-state index in [4.69, 9.17) is 16.3 Å². The van der Waals surface area contributed by atoms with E-state index >= 15 is 0 Å². The van der Waals surface area contributed by atoms with Gasteiger partial charge in [0, 0.05) is 24.6 Å². The molecule has 11 heteroatoms. The SMILES string of the molecule is COc1ccc(C(O)(CCC(=O)c2ccc3ncn(C)c3c2)C(F)(F)F)nc1-c1ccc(F)c(Cl)c1. The average Bonchev–Trinajstić information content (AvgIpc) is 3.22. The van der Waals surface area contributed by atoms with Gasteiger partial charge in [-0.1, -0.05) is 11.6 Å². The molecule has 0 aliphatic rings. The molecule has 0 amide bonds. The standard InChI is InChI=1S/C25H20ClF4N3O3/c1-33-13-31-18-6-4-14(12-19(18)33)20(34)9-10-24(35,25(28,29)30)22-8-7-21(36-2)23(32-22)15-3-5-17(27)16(26)11-15/h3-8,11-13,35H,9-10H2,1-2H3. The molecule has 6 nitrogen and oxygen atoms in total. The summed E-state index contributed by atoms with van der Waals surface area (Å²) in [7, 11) is 3.02. The Bertz CT molecular complexity index is 1450. The lowest BCUT2D eigenvalue weighted by Crippen LogP contribution is -2.43. The molecule has 0 aliphatic carbocycles. The lowest BCUT2D eigenvalue weighted by Gasteiger charge is -2.30. The number of aryl methyl sites for hydroxylation is 1. The van der Waals surface area contributed by atoms with E-state index in [1.54, 1.807) is 30.1 Å². The van der Waals surface area contributed by atoms with Crippen molar-refractivity contribution in [2.45, 2.75) is 24.6 Å². The molecule has 2 heterocycles. The molecule has 4 rings (SSSR count). The Morgan fingerprint density at radius 1 is 1.14 bits per heavy atom. The predicted molar refractivity (Wildman–Crippen MR) is 125 cm³/mol. The van der Waals surface area contributed by atoms with Crippen LogP contribution in [0.3, 0.4) is 0 Å². The number of ketones is 1. The minimum absolute atomic E-state index is 0.0763. The molecule has 0 saturated carbocycles. The first-order valence-electron chi connectivity index (χ1n) is 10.7. The molecule has 0 bridgehead atoms. The summed E-state index contributed by atoms with van der Waals surface area (Å²) < 4.78 is 63.0. The van der Waals surface area contributed by atoms with Gasteiger partial charge in [-0.15, -0.1) is 0 Å². The maximum Gasteiger partial charge on any atom is 0.422 e. The fraction of sp³-hybridized carbons (Fsp3) is 0.240. The van der Waals surface area contributed by atoms with E-state index in [2.05, 4.69) is 9.97 Å². The highest BCUT2D eigenvalue weighted by atomic mass is 35.5. The van der Waals surface area contributed by atoms with Crippen LogP contribution in [0, 0.1) is 5.82 Å². The minimum Gasteiger partial charge on any atom is -0.494 e. The number of rotatable bonds is 7. The van der Waals surface area contributed by atoms with Crippen molar-refractivity contribution in [3.8, 4) is 17.0 Å². The molecular weight excluding hydrogens is 502 g/mol. The summed E-state index contributed by atoms with van der Waals surface area (Å²) in [4.78, 5) is 21.0. The van der Waals surface area contributed by atoms with Crippen LogP contribution in [-0.2, 0) is 12.6 Å². The van der Waals surface area contributed by atoms with Crippen molar-refractivity contribution in [3.05, 3.63) is 77.0 Å². The van der Waals surface area contributed by atoms with Crippen LogP contribution in [0.5, 0.6) is 5.75 Å². The smallest absolute Gasteiger partial charge is 0.422 e. The second-order valence-electron chi connectivity index (χ2n) is 8.22. The third-order valence-corrected chi connectivity index (χ3v) is 6.21. The molecule has 1 unspecified atom stereocenters. The second-order valence-corrected chi connectivity index (χ2v) is 8.62. The number of benzene rings is 2. The first kappa shape index (κ1) is 25.6. The summed E-state index contributed by atoms with van der Waals surface area (Å²) in [6.45, 7) is 0. The number of carbonyl (C=O) groups is 1. The van der Waals surface area contributed by atoms with Crippen molar-refractivity contribution >= 4 is 28.4 Å². The molecule has 188 valence electrons. The third-order valence-electron chi connectivity index (χ3n) is 5.93. The molecule has 0 radical (unpaired) electrons. The number of Topliss-reactive ketones (excluding diaryl/α,β-unsaturated/α-hetero) is 1. The number of ether oxygens (including phenoxy) is 1. The highest BCUT2D eigenvalue weighted by Gasteiger charge is 2.56. The average molecular weight is 522 g/mol. The van der Waals surface area contributed by atoms with Crippen molar-refractivity contribution in [2.75, 3.05) is 7.11 Å². The second kappa shape index (κ2) is 9.51. The monoisotopic (exact) mass is 521 g/mol. The maximum atomic E-state index is 14.2. The first-order chi connectivity index (χ1) is 16.9. The van der Waals surface area contributed by atoms with E-state index in [1.807, 2.05) is 0 Å². The molecule has 1 N–H and O–H groups in total. The summed E-state index contributed by atoms with van der Waals surface area (Å²) in [5, 5.41) is 10.6. The summed E-state index contributed by atoms with van der Waals surface area (Å²) in [6, 6.07) is 10.3. The number of halogens is 5. The van der Waals surface area contributed by atoms with Crippen molar-refractivity contribution in [2.24, 2.45) is 7.05 Å². The minimum atomic E-state index is -5.15. The molecule has 2 aromatic carbocycles. The van der Waals surface area contributed by atoms with E-state index < -0.39 is 41.9 Å². The van der Waals surface area contributed by atoms with Crippen molar-refractivity contribution in [1.29, 1.82) is 0 Å². The highest BCUT2D eigenvalue weighted by molar-refractivity contribution is 6.31. The molecule has 36 heavy (non-hydrogen) atoms. The summed E-state index contributed by atoms with van der Waals surface area (Å²) in [6.07, 6.45) is -5.17. The van der Waals surface area contributed by atoms with Crippen LogP contribution in [0.2, 0.25) is 5.02 Å². The molecule has 0 aliphatic heterocycles. The largest absolute Gasteiger partial charge is 0.494 e. The molecule has 2 aromatic heterocycles. The van der Waals surface area contributed by atoms with Crippen LogP contribution in [0.15, 0.2) is 54.9 Å². The van der Waals surface area contributed by atoms with Crippen molar-refractivity contribution in [3.63, 3.8) is 0 Å². The number of methoxy groups -OCH3 is 1. The van der Waals surface area contributed by atoms with Gasteiger partial charge in [-0.2, -0.15) is 13.2 Å². The van der Waals surface area contributed by atoms with Gasteiger partial charge < -0.3 is 14.4 Å². The number of nitrogens with zero attached hydrogens (tertiary/aromatic N) is 3. The highest BCUT2D eigenvalue weighted by Crippen LogP contribution is 2.43. The number of aliphatic hydroxyl groups is 1. The van der Waals surface area contributed by atoms with Crippen LogP contribution >= 0.6 is 11.6 Å². The summed E-state index contributed by atoms with van der Waals surface area (Å²) >= 11 is 5.83. The van der Waals surface area contributed by atoms with Gasteiger partial charge in [-0.3, -0.25) is 4.79 Å². The zero-order valence-corrected chi connectivity index (χ0v) is 19.9. The van der Waals surface area contributed by atoms with Crippen LogP contribution < -0.4 is 4.74 Å². The molecule has 0 saturated heterocycles. The van der Waals surface area contributed by atoms with Gasteiger partial charge in [0.1, 0.15) is 17.3 Å². The number of aromatic nitrogens is 3. The van der Waals surface area contributed by atoms with E-state index in [0.29, 0.717) is 11.0 Å². The normalized spacial score (nSPS) is 13.6. The third kappa shape index (κ3) is 4.66. The zero-order valence-electron chi connectivity index (χ0n) is 19.1. The summed E-state index contributed by atoms with van der Waals surface area (Å²) in [5.74, 6) is -1.21. The molecule has 1 atom stereocenters. The first-order valence-corrected chi connectivity index (χ1v) is 11.1. The molecule has 0 spiro atoms. The van der Waals surface area contributed by atoms with E-state index in [0.717, 1.165) is 12.1 Å². The fourth-order valence-corrected chi connectivity index (χ4v) is 4.03. The Balaban J connectivity index is 1.69. The number of carbonyl (C=O) groups excluding carboxylic acids is 1. The van der Waals surface area contributed by atoms with Crippen LogP contribution in [0.4, 0.5) is 17.6 Å².